The van der Waals surface area contributed by atoms with Crippen molar-refractivity contribution in [3.8, 4) is 11.5 Å². The van der Waals surface area contributed by atoms with Crippen LogP contribution >= 0.6 is 0 Å². The number of amides is 2. The molecule has 2 rings (SSSR count). The van der Waals surface area contributed by atoms with Gasteiger partial charge in [-0.05, 0) is 42.8 Å². The van der Waals surface area contributed by atoms with Crippen LogP contribution in [0.1, 0.15) is 40.5 Å². The summed E-state index contributed by atoms with van der Waals surface area (Å²) < 4.78 is 37.6. The Morgan fingerprint density at radius 1 is 1.03 bits per heavy atom. The maximum Gasteiger partial charge on any atom is 0.269 e. The third-order valence-electron chi connectivity index (χ3n) is 4.30. The maximum atomic E-state index is 12.4. The third-order valence-corrected chi connectivity index (χ3v) is 5.72. The van der Waals surface area contributed by atoms with Crippen LogP contribution in [0.25, 0.3) is 0 Å². The quantitative estimate of drug-likeness (QED) is 0.268. The van der Waals surface area contributed by atoms with E-state index in [1.807, 2.05) is 0 Å². The van der Waals surface area contributed by atoms with E-state index in [0.717, 1.165) is 12.8 Å². The predicted octanol–water partition coefficient (Wildman–Crippen LogP) is 2.41. The lowest BCUT2D eigenvalue weighted by Gasteiger charge is -2.13. The molecule has 0 spiro atoms. The molecule has 2 amide bonds. The number of benzene rings is 2. The highest BCUT2D eigenvalue weighted by molar-refractivity contribution is 7.89. The second-order valence-electron chi connectivity index (χ2n) is 6.64. The predicted molar refractivity (Wildman–Crippen MR) is 120 cm³/mol. The van der Waals surface area contributed by atoms with Crippen molar-refractivity contribution in [3.05, 3.63) is 66.2 Å². The minimum atomic E-state index is -3.79. The van der Waals surface area contributed by atoms with Crippen molar-refractivity contribution in [1.82, 2.24) is 15.6 Å². The van der Waals surface area contributed by atoms with Gasteiger partial charge in [0.1, 0.15) is 0 Å². The van der Waals surface area contributed by atoms with E-state index in [9.17, 15) is 18.0 Å². The number of unbranched alkanes of at least 4 members (excludes halogenated alkanes) is 1. The molecular weight excluding hydrogens is 434 g/mol. The summed E-state index contributed by atoms with van der Waals surface area (Å²) in [4.78, 5) is 24.7. The molecule has 0 saturated heterocycles. The van der Waals surface area contributed by atoms with E-state index in [-0.39, 0.29) is 22.6 Å². The van der Waals surface area contributed by atoms with Gasteiger partial charge < -0.3 is 9.47 Å². The molecule has 0 unspecified atom stereocenters. The van der Waals surface area contributed by atoms with Gasteiger partial charge in [0.25, 0.3) is 11.8 Å². The van der Waals surface area contributed by atoms with Gasteiger partial charge in [-0.25, -0.2) is 13.1 Å². The second-order valence-corrected chi connectivity index (χ2v) is 8.41. The molecule has 0 aliphatic heterocycles. The van der Waals surface area contributed by atoms with Crippen molar-refractivity contribution < 1.29 is 27.5 Å². The van der Waals surface area contributed by atoms with E-state index in [2.05, 4.69) is 29.1 Å². The lowest BCUT2D eigenvalue weighted by atomic mass is 10.2. The number of hydrazine groups is 1. The van der Waals surface area contributed by atoms with Crippen molar-refractivity contribution in [2.24, 2.45) is 0 Å². The van der Waals surface area contributed by atoms with E-state index in [0.29, 0.717) is 18.1 Å². The van der Waals surface area contributed by atoms with Gasteiger partial charge >= 0.3 is 0 Å². The third kappa shape index (κ3) is 6.82. The first-order valence-electron chi connectivity index (χ1n) is 9.94. The Balaban J connectivity index is 2.04. The number of carbonyl (C=O) groups excluding carboxylic acids is 2. The molecule has 0 aliphatic carbocycles. The number of nitrogens with one attached hydrogen (secondary N) is 3. The van der Waals surface area contributed by atoms with Crippen LogP contribution in [0.15, 0.2) is 60.0 Å². The molecule has 32 heavy (non-hydrogen) atoms. The molecule has 0 fully saturated rings. The number of carbonyl (C=O) groups is 2. The average Bonchev–Trinajstić information content (AvgIpc) is 2.81. The molecule has 9 nitrogen and oxygen atoms in total. The number of hydrogen-bond donors (Lipinski definition) is 3. The topological polar surface area (TPSA) is 123 Å². The Morgan fingerprint density at radius 2 is 1.72 bits per heavy atom. The van der Waals surface area contributed by atoms with Crippen LogP contribution in [-0.4, -0.2) is 40.5 Å². The number of hydrogen-bond acceptors (Lipinski definition) is 6. The minimum absolute atomic E-state index is 0.0563. The largest absolute Gasteiger partial charge is 0.493 e. The molecule has 0 atom stereocenters. The van der Waals surface area contributed by atoms with Crippen molar-refractivity contribution in [2.45, 2.75) is 24.7 Å². The first-order chi connectivity index (χ1) is 15.3. The Labute approximate surface area is 187 Å². The van der Waals surface area contributed by atoms with Gasteiger partial charge in [0, 0.05) is 17.7 Å². The zero-order valence-corrected chi connectivity index (χ0v) is 18.8. The summed E-state index contributed by atoms with van der Waals surface area (Å²) in [7, 11) is -2.32. The molecule has 0 saturated carbocycles. The van der Waals surface area contributed by atoms with Gasteiger partial charge in [-0.15, -0.1) is 6.58 Å². The molecule has 0 heterocycles. The molecule has 172 valence electrons. The highest BCUT2D eigenvalue weighted by atomic mass is 32.2. The van der Waals surface area contributed by atoms with Crippen LogP contribution in [0.2, 0.25) is 0 Å². The van der Waals surface area contributed by atoms with Crippen LogP contribution in [0.5, 0.6) is 11.5 Å². The smallest absolute Gasteiger partial charge is 0.269 e. The zero-order valence-electron chi connectivity index (χ0n) is 18.0. The fourth-order valence-corrected chi connectivity index (χ4v) is 3.61. The summed E-state index contributed by atoms with van der Waals surface area (Å²) in [6.45, 7) is 6.10. The fraction of sp³-hybridized carbons (Fsp3) is 0.273. The van der Waals surface area contributed by atoms with Gasteiger partial charge in [0.05, 0.1) is 18.6 Å². The number of rotatable bonds is 11. The van der Waals surface area contributed by atoms with Crippen molar-refractivity contribution in [2.75, 3.05) is 20.3 Å². The molecule has 0 radical (unpaired) electrons. The standard InChI is InChI=1S/C22H27N3O6S/c1-4-6-13-31-19-11-10-17(15-20(19)30-3)22(27)25-24-21(26)16-8-7-9-18(14-16)32(28,29)23-12-5-2/h5,7-11,14-15,23H,2,4,6,12-13H2,1,3H3,(H,24,26)(H,25,27). The first-order valence-corrected chi connectivity index (χ1v) is 11.4. The van der Waals surface area contributed by atoms with E-state index in [1.54, 1.807) is 12.1 Å². The Morgan fingerprint density at radius 3 is 2.34 bits per heavy atom. The summed E-state index contributed by atoms with van der Waals surface area (Å²) in [5.41, 5.74) is 4.88. The molecule has 2 aromatic rings. The number of methoxy groups -OCH3 is 1. The normalized spacial score (nSPS) is 10.8. The van der Waals surface area contributed by atoms with Crippen LogP contribution in [-0.2, 0) is 10.0 Å². The summed E-state index contributed by atoms with van der Waals surface area (Å²) in [5.74, 6) is -0.339. The van der Waals surface area contributed by atoms with Gasteiger partial charge in [0.15, 0.2) is 11.5 Å². The van der Waals surface area contributed by atoms with Crippen molar-refractivity contribution >= 4 is 21.8 Å². The lowest BCUT2D eigenvalue weighted by molar-refractivity contribution is 0.0846. The summed E-state index contributed by atoms with van der Waals surface area (Å²) >= 11 is 0. The van der Waals surface area contributed by atoms with Crippen LogP contribution < -0.4 is 25.0 Å². The first kappa shape index (κ1) is 24.9. The average molecular weight is 462 g/mol. The van der Waals surface area contributed by atoms with E-state index < -0.39 is 21.8 Å². The summed E-state index contributed by atoms with van der Waals surface area (Å²) in [5, 5.41) is 0. The number of sulfonamides is 1. The highest BCUT2D eigenvalue weighted by Crippen LogP contribution is 2.28. The maximum absolute atomic E-state index is 12.4. The van der Waals surface area contributed by atoms with Gasteiger partial charge in [0.2, 0.25) is 10.0 Å². The lowest BCUT2D eigenvalue weighted by Crippen LogP contribution is -2.41. The van der Waals surface area contributed by atoms with Crippen molar-refractivity contribution in [3.63, 3.8) is 0 Å². The monoisotopic (exact) mass is 461 g/mol. The van der Waals surface area contributed by atoms with E-state index in [4.69, 9.17) is 9.47 Å². The molecule has 0 aliphatic rings. The summed E-state index contributed by atoms with van der Waals surface area (Å²) in [6, 6.07) is 10.1. The van der Waals surface area contributed by atoms with Crippen LogP contribution in [0.3, 0.4) is 0 Å². The molecule has 10 heteroatoms. The van der Waals surface area contributed by atoms with E-state index >= 15 is 0 Å². The Hall–Kier alpha value is -3.37. The second kappa shape index (κ2) is 11.9. The highest BCUT2D eigenvalue weighted by Gasteiger charge is 2.16. The minimum Gasteiger partial charge on any atom is -0.493 e. The summed E-state index contributed by atoms with van der Waals surface area (Å²) in [6.07, 6.45) is 3.29. The SMILES string of the molecule is C=CCNS(=O)(=O)c1cccc(C(=O)NNC(=O)c2ccc(OCCCC)c(OC)c2)c1. The van der Waals surface area contributed by atoms with Crippen LogP contribution in [0.4, 0.5) is 0 Å². The molecule has 3 N–H and O–H groups in total. The Bertz CT molecular complexity index is 1070. The molecule has 2 aromatic carbocycles. The van der Waals surface area contributed by atoms with E-state index in [1.165, 1.54) is 43.5 Å². The fourth-order valence-electron chi connectivity index (χ4n) is 2.57. The van der Waals surface area contributed by atoms with Gasteiger partial charge in [-0.2, -0.15) is 0 Å². The Kier molecular flexibility index (Phi) is 9.23. The zero-order chi connectivity index (χ0) is 23.6. The van der Waals surface area contributed by atoms with Gasteiger partial charge in [-0.1, -0.05) is 25.5 Å². The van der Waals surface area contributed by atoms with Crippen molar-refractivity contribution in [1.29, 1.82) is 0 Å². The molecular formula is C22H27N3O6S. The molecule has 0 aromatic heterocycles. The number of ether oxygens (including phenoxy) is 2. The van der Waals surface area contributed by atoms with Gasteiger partial charge in [-0.3, -0.25) is 20.4 Å². The van der Waals surface area contributed by atoms with Crippen LogP contribution in [0, 0.1) is 0 Å². The molecule has 0 bridgehead atoms.